The highest BCUT2D eigenvalue weighted by Gasteiger charge is 2.13. The smallest absolute Gasteiger partial charge is 0.251 e. The summed E-state index contributed by atoms with van der Waals surface area (Å²) in [5.41, 5.74) is 1.60. The first-order valence-corrected chi connectivity index (χ1v) is 7.13. The number of hydrogen-bond donors (Lipinski definition) is 2. The van der Waals surface area contributed by atoms with E-state index >= 15 is 0 Å². The van der Waals surface area contributed by atoms with Crippen LogP contribution in [0.2, 0.25) is 0 Å². The van der Waals surface area contributed by atoms with E-state index in [2.05, 4.69) is 15.6 Å². The van der Waals surface area contributed by atoms with E-state index in [4.69, 9.17) is 0 Å². The molecule has 0 saturated carbocycles. The van der Waals surface area contributed by atoms with Crippen molar-refractivity contribution in [3.8, 4) is 0 Å². The number of carbonyl (C=O) groups is 2. The first-order chi connectivity index (χ1) is 10.5. The predicted octanol–water partition coefficient (Wildman–Crippen LogP) is 2.54. The molecular weight excluding hydrogens is 278 g/mol. The summed E-state index contributed by atoms with van der Waals surface area (Å²) >= 11 is 0. The molecule has 2 rings (SSSR count). The fourth-order valence-electron chi connectivity index (χ4n) is 2.02. The lowest BCUT2D eigenvalue weighted by atomic mass is 10.1. The van der Waals surface area contributed by atoms with E-state index in [1.165, 1.54) is 0 Å². The van der Waals surface area contributed by atoms with E-state index in [1.807, 2.05) is 19.1 Å². The third-order valence-electron chi connectivity index (χ3n) is 3.09. The summed E-state index contributed by atoms with van der Waals surface area (Å²) in [5.74, 6) is 0.153. The standard InChI is InChI=1S/C17H19N3O2/c1-12-8-9-18-15(10-12)20-16(21)11-13(2)19-17(22)14-6-4-3-5-7-14/h3-10,13H,11H2,1-2H3,(H,19,22)(H,18,20,21). The lowest BCUT2D eigenvalue weighted by Gasteiger charge is -2.13. The minimum absolute atomic E-state index is 0.182. The molecule has 0 spiro atoms. The van der Waals surface area contributed by atoms with Crippen LogP contribution in [0, 0.1) is 6.92 Å². The molecule has 114 valence electrons. The van der Waals surface area contributed by atoms with Crippen molar-refractivity contribution in [1.29, 1.82) is 0 Å². The summed E-state index contributed by atoms with van der Waals surface area (Å²) in [4.78, 5) is 28.0. The number of nitrogens with zero attached hydrogens (tertiary/aromatic N) is 1. The lowest BCUT2D eigenvalue weighted by molar-refractivity contribution is -0.116. The molecule has 1 atom stereocenters. The van der Waals surface area contributed by atoms with E-state index in [0.717, 1.165) is 5.56 Å². The van der Waals surface area contributed by atoms with Gasteiger partial charge in [0, 0.05) is 24.2 Å². The van der Waals surface area contributed by atoms with Crippen LogP contribution in [0.3, 0.4) is 0 Å². The molecule has 0 fully saturated rings. The summed E-state index contributed by atoms with van der Waals surface area (Å²) in [5, 5.41) is 5.53. The second-order valence-corrected chi connectivity index (χ2v) is 5.21. The largest absolute Gasteiger partial charge is 0.349 e. The molecule has 2 aromatic rings. The summed E-state index contributed by atoms with van der Waals surface area (Å²) in [7, 11) is 0. The first kappa shape index (κ1) is 15.7. The molecule has 2 N–H and O–H groups in total. The van der Waals surface area contributed by atoms with Crippen LogP contribution in [0.1, 0.15) is 29.3 Å². The van der Waals surface area contributed by atoms with Crippen molar-refractivity contribution in [3.63, 3.8) is 0 Å². The number of rotatable bonds is 5. The number of pyridine rings is 1. The van der Waals surface area contributed by atoms with Gasteiger partial charge < -0.3 is 10.6 Å². The van der Waals surface area contributed by atoms with Crippen LogP contribution in [0.4, 0.5) is 5.82 Å². The molecule has 1 aromatic heterocycles. The van der Waals surface area contributed by atoms with Crippen LogP contribution in [0.15, 0.2) is 48.7 Å². The Morgan fingerprint density at radius 2 is 1.91 bits per heavy atom. The van der Waals surface area contributed by atoms with Gasteiger partial charge in [-0.2, -0.15) is 0 Å². The Morgan fingerprint density at radius 1 is 1.18 bits per heavy atom. The average Bonchev–Trinajstić information content (AvgIpc) is 2.47. The maximum absolute atomic E-state index is 12.0. The molecule has 1 heterocycles. The van der Waals surface area contributed by atoms with E-state index < -0.39 is 0 Å². The quantitative estimate of drug-likeness (QED) is 0.891. The third-order valence-corrected chi connectivity index (χ3v) is 3.09. The summed E-state index contributed by atoms with van der Waals surface area (Å²) < 4.78 is 0. The Bertz CT molecular complexity index is 656. The van der Waals surface area contributed by atoms with E-state index in [0.29, 0.717) is 11.4 Å². The zero-order valence-corrected chi connectivity index (χ0v) is 12.7. The van der Waals surface area contributed by atoms with Gasteiger partial charge in [-0.1, -0.05) is 18.2 Å². The molecule has 5 nitrogen and oxygen atoms in total. The van der Waals surface area contributed by atoms with Crippen LogP contribution in [0.25, 0.3) is 0 Å². The molecule has 1 aromatic carbocycles. The van der Waals surface area contributed by atoms with Crippen molar-refractivity contribution in [3.05, 3.63) is 59.8 Å². The second kappa shape index (κ2) is 7.36. The van der Waals surface area contributed by atoms with Crippen LogP contribution >= 0.6 is 0 Å². The van der Waals surface area contributed by atoms with Crippen molar-refractivity contribution in [2.24, 2.45) is 0 Å². The van der Waals surface area contributed by atoms with Gasteiger partial charge in [0.1, 0.15) is 5.82 Å². The fraction of sp³-hybridized carbons (Fsp3) is 0.235. The minimum atomic E-state index is -0.266. The Balaban J connectivity index is 1.85. The number of amides is 2. The number of benzene rings is 1. The highest BCUT2D eigenvalue weighted by Crippen LogP contribution is 2.06. The average molecular weight is 297 g/mol. The number of hydrogen-bond acceptors (Lipinski definition) is 3. The normalized spacial score (nSPS) is 11.5. The second-order valence-electron chi connectivity index (χ2n) is 5.21. The molecule has 0 radical (unpaired) electrons. The summed E-state index contributed by atoms with van der Waals surface area (Å²) in [6, 6.07) is 12.3. The monoisotopic (exact) mass is 297 g/mol. The number of anilines is 1. The van der Waals surface area contributed by atoms with E-state index in [-0.39, 0.29) is 24.3 Å². The Hall–Kier alpha value is -2.69. The molecule has 0 aliphatic rings. The van der Waals surface area contributed by atoms with Gasteiger partial charge >= 0.3 is 0 Å². The summed E-state index contributed by atoms with van der Waals surface area (Å²) in [6.07, 6.45) is 1.83. The van der Waals surface area contributed by atoms with Gasteiger partial charge in [0.2, 0.25) is 5.91 Å². The first-order valence-electron chi connectivity index (χ1n) is 7.13. The van der Waals surface area contributed by atoms with Gasteiger partial charge in [0.05, 0.1) is 0 Å². The maximum Gasteiger partial charge on any atom is 0.251 e. The molecule has 1 unspecified atom stereocenters. The molecule has 0 bridgehead atoms. The Labute approximate surface area is 129 Å². The van der Waals surface area contributed by atoms with Crippen LogP contribution in [-0.4, -0.2) is 22.8 Å². The topological polar surface area (TPSA) is 71.1 Å². The van der Waals surface area contributed by atoms with Gasteiger partial charge in [0.25, 0.3) is 5.91 Å². The number of aryl methyl sites for hydroxylation is 1. The highest BCUT2D eigenvalue weighted by atomic mass is 16.2. The number of aromatic nitrogens is 1. The van der Waals surface area contributed by atoms with Crippen LogP contribution in [0.5, 0.6) is 0 Å². The number of nitrogens with one attached hydrogen (secondary N) is 2. The van der Waals surface area contributed by atoms with Gasteiger partial charge in [-0.15, -0.1) is 0 Å². The fourth-order valence-corrected chi connectivity index (χ4v) is 2.02. The van der Waals surface area contributed by atoms with Gasteiger partial charge in [-0.05, 0) is 43.7 Å². The zero-order valence-electron chi connectivity index (χ0n) is 12.7. The summed E-state index contributed by atoms with van der Waals surface area (Å²) in [6.45, 7) is 3.73. The predicted molar refractivity (Wildman–Crippen MR) is 85.6 cm³/mol. The number of carbonyl (C=O) groups excluding carboxylic acids is 2. The zero-order chi connectivity index (χ0) is 15.9. The van der Waals surface area contributed by atoms with Gasteiger partial charge in [-0.25, -0.2) is 4.98 Å². The van der Waals surface area contributed by atoms with Crippen molar-refractivity contribution >= 4 is 17.6 Å². The molecule has 0 saturated heterocycles. The maximum atomic E-state index is 12.0. The molecule has 2 amide bonds. The van der Waals surface area contributed by atoms with Crippen molar-refractivity contribution in [1.82, 2.24) is 10.3 Å². The van der Waals surface area contributed by atoms with E-state index in [1.54, 1.807) is 43.5 Å². The van der Waals surface area contributed by atoms with Gasteiger partial charge in [0.15, 0.2) is 0 Å². The molecule has 22 heavy (non-hydrogen) atoms. The molecular formula is C17H19N3O2. The Kier molecular flexibility index (Phi) is 5.25. The third kappa shape index (κ3) is 4.70. The van der Waals surface area contributed by atoms with E-state index in [9.17, 15) is 9.59 Å². The van der Waals surface area contributed by atoms with Crippen molar-refractivity contribution in [2.45, 2.75) is 26.3 Å². The minimum Gasteiger partial charge on any atom is -0.349 e. The highest BCUT2D eigenvalue weighted by molar-refractivity contribution is 5.95. The lowest BCUT2D eigenvalue weighted by Crippen LogP contribution is -2.35. The van der Waals surface area contributed by atoms with Crippen molar-refractivity contribution < 1.29 is 9.59 Å². The van der Waals surface area contributed by atoms with Gasteiger partial charge in [-0.3, -0.25) is 9.59 Å². The molecule has 5 heteroatoms. The molecule has 0 aliphatic carbocycles. The molecule has 0 aliphatic heterocycles. The van der Waals surface area contributed by atoms with Crippen LogP contribution < -0.4 is 10.6 Å². The SMILES string of the molecule is Cc1ccnc(NC(=O)CC(C)NC(=O)c2ccccc2)c1. The Morgan fingerprint density at radius 3 is 2.59 bits per heavy atom. The van der Waals surface area contributed by atoms with Crippen LogP contribution in [-0.2, 0) is 4.79 Å². The van der Waals surface area contributed by atoms with Crippen molar-refractivity contribution in [2.75, 3.05) is 5.32 Å².